The second-order valence-electron chi connectivity index (χ2n) is 7.36. The number of methoxy groups -OCH3 is 1. The van der Waals surface area contributed by atoms with Gasteiger partial charge < -0.3 is 9.30 Å². The average Bonchev–Trinajstić information content (AvgIpc) is 3.50. The number of benzene rings is 2. The van der Waals surface area contributed by atoms with Crippen LogP contribution >= 0.6 is 23.2 Å². The lowest BCUT2D eigenvalue weighted by Gasteiger charge is -2.15. The van der Waals surface area contributed by atoms with Crippen LogP contribution in [0.25, 0.3) is 22.5 Å². The maximum Gasteiger partial charge on any atom is 0.251 e. The molecule has 9 nitrogen and oxygen atoms in total. The lowest BCUT2D eigenvalue weighted by atomic mass is 10.0. The molecule has 5 aromatic rings. The summed E-state index contributed by atoms with van der Waals surface area (Å²) in [5.74, 6) is 0.477. The van der Waals surface area contributed by atoms with E-state index in [4.69, 9.17) is 27.9 Å². The fourth-order valence-electron chi connectivity index (χ4n) is 3.59. The van der Waals surface area contributed by atoms with E-state index in [1.165, 1.54) is 22.4 Å². The van der Waals surface area contributed by atoms with Crippen LogP contribution in [0.5, 0.6) is 5.75 Å². The number of halogens is 2. The van der Waals surface area contributed by atoms with Crippen molar-refractivity contribution in [2.24, 2.45) is 0 Å². The number of hydrogen-bond acceptors (Lipinski definition) is 6. The van der Waals surface area contributed by atoms with Crippen molar-refractivity contribution in [2.75, 3.05) is 7.11 Å². The standard InChI is InChI=1S/C23H17Cl2N7O2/c1-34-21-13-30(11-16-12-31(28-26-16)17-5-3-2-4-6-17)23(33)10-19(21)18-9-15(24)7-8-20(18)32-14-22(25)27-29-32/h2-10,12-14H,11H2,1H3. The quantitative estimate of drug-likeness (QED) is 0.354. The van der Waals surface area contributed by atoms with Crippen LogP contribution < -0.4 is 10.3 Å². The van der Waals surface area contributed by atoms with Crippen molar-refractivity contribution in [3.05, 3.63) is 99.4 Å². The molecule has 3 aromatic heterocycles. The SMILES string of the molecule is COc1cn(Cc2cn(-c3ccccc3)nn2)c(=O)cc1-c1cc(Cl)ccc1-n1cc(Cl)nn1. The minimum atomic E-state index is -0.243. The van der Waals surface area contributed by atoms with Gasteiger partial charge in [-0.2, -0.15) is 0 Å². The molecular formula is C23H17Cl2N7O2. The Morgan fingerprint density at radius 2 is 1.68 bits per heavy atom. The van der Waals surface area contributed by atoms with Crippen molar-refractivity contribution < 1.29 is 4.74 Å². The van der Waals surface area contributed by atoms with Crippen molar-refractivity contribution >= 4 is 23.2 Å². The monoisotopic (exact) mass is 493 g/mol. The normalized spacial score (nSPS) is 11.0. The highest BCUT2D eigenvalue weighted by atomic mass is 35.5. The molecule has 0 aliphatic carbocycles. The Kier molecular flexibility index (Phi) is 5.87. The maximum absolute atomic E-state index is 13.1. The largest absolute Gasteiger partial charge is 0.495 e. The van der Waals surface area contributed by atoms with E-state index >= 15 is 0 Å². The van der Waals surface area contributed by atoms with Crippen molar-refractivity contribution in [1.82, 2.24) is 34.6 Å². The second kappa shape index (κ2) is 9.12. The zero-order valence-corrected chi connectivity index (χ0v) is 19.4. The topological polar surface area (TPSA) is 92.7 Å². The summed E-state index contributed by atoms with van der Waals surface area (Å²) in [7, 11) is 1.54. The molecule has 0 radical (unpaired) electrons. The first-order valence-corrected chi connectivity index (χ1v) is 10.9. The first kappa shape index (κ1) is 21.9. The molecular weight excluding hydrogens is 477 g/mol. The Morgan fingerprint density at radius 1 is 0.882 bits per heavy atom. The van der Waals surface area contributed by atoms with Gasteiger partial charge in [0.25, 0.3) is 5.56 Å². The highest BCUT2D eigenvalue weighted by molar-refractivity contribution is 6.31. The van der Waals surface area contributed by atoms with Gasteiger partial charge in [-0.3, -0.25) is 4.79 Å². The van der Waals surface area contributed by atoms with Crippen LogP contribution in [0.3, 0.4) is 0 Å². The van der Waals surface area contributed by atoms with E-state index in [2.05, 4.69) is 20.6 Å². The minimum absolute atomic E-state index is 0.226. The van der Waals surface area contributed by atoms with Crippen molar-refractivity contribution in [3.8, 4) is 28.3 Å². The molecule has 0 saturated heterocycles. The number of nitrogens with zero attached hydrogens (tertiary/aromatic N) is 7. The fraction of sp³-hybridized carbons (Fsp3) is 0.0870. The van der Waals surface area contributed by atoms with Crippen LogP contribution in [-0.4, -0.2) is 41.7 Å². The van der Waals surface area contributed by atoms with E-state index in [0.717, 1.165) is 5.69 Å². The van der Waals surface area contributed by atoms with Crippen LogP contribution in [0.2, 0.25) is 10.2 Å². The van der Waals surface area contributed by atoms with E-state index in [1.807, 2.05) is 30.3 Å². The van der Waals surface area contributed by atoms with Gasteiger partial charge in [-0.05, 0) is 30.3 Å². The lowest BCUT2D eigenvalue weighted by molar-refractivity contribution is 0.410. The molecule has 0 N–H and O–H groups in total. The van der Waals surface area contributed by atoms with Crippen molar-refractivity contribution in [1.29, 1.82) is 0 Å². The molecule has 170 valence electrons. The van der Waals surface area contributed by atoms with Gasteiger partial charge in [0.2, 0.25) is 0 Å². The smallest absolute Gasteiger partial charge is 0.251 e. The third-order valence-corrected chi connectivity index (χ3v) is 5.57. The highest BCUT2D eigenvalue weighted by Crippen LogP contribution is 2.35. The van der Waals surface area contributed by atoms with Crippen LogP contribution in [0.15, 0.2) is 78.0 Å². The molecule has 0 atom stereocenters. The number of rotatable bonds is 6. The van der Waals surface area contributed by atoms with Gasteiger partial charge in [0.05, 0.1) is 43.6 Å². The van der Waals surface area contributed by atoms with E-state index in [1.54, 1.807) is 41.5 Å². The Hall–Kier alpha value is -3.95. The molecule has 34 heavy (non-hydrogen) atoms. The van der Waals surface area contributed by atoms with Gasteiger partial charge in [0.15, 0.2) is 5.15 Å². The van der Waals surface area contributed by atoms with E-state index < -0.39 is 0 Å². The lowest BCUT2D eigenvalue weighted by Crippen LogP contribution is -2.20. The first-order chi connectivity index (χ1) is 16.5. The zero-order valence-electron chi connectivity index (χ0n) is 17.8. The van der Waals surface area contributed by atoms with E-state index in [0.29, 0.717) is 33.3 Å². The molecule has 0 amide bonds. The zero-order chi connectivity index (χ0) is 23.7. The third-order valence-electron chi connectivity index (χ3n) is 5.16. The van der Waals surface area contributed by atoms with E-state index in [-0.39, 0.29) is 17.3 Å². The molecule has 0 aliphatic rings. The van der Waals surface area contributed by atoms with Gasteiger partial charge in [0, 0.05) is 22.2 Å². The molecule has 2 aromatic carbocycles. The summed E-state index contributed by atoms with van der Waals surface area (Å²) in [5.41, 5.74) is 3.10. The van der Waals surface area contributed by atoms with Gasteiger partial charge in [0.1, 0.15) is 11.4 Å². The number of para-hydroxylation sites is 1. The molecule has 0 unspecified atom stereocenters. The van der Waals surface area contributed by atoms with Gasteiger partial charge >= 0.3 is 0 Å². The summed E-state index contributed by atoms with van der Waals surface area (Å²) < 4.78 is 10.3. The maximum atomic E-state index is 13.1. The number of ether oxygens (including phenoxy) is 1. The average molecular weight is 494 g/mol. The number of pyridine rings is 1. The van der Waals surface area contributed by atoms with Crippen LogP contribution in [-0.2, 0) is 6.54 Å². The predicted molar refractivity (Wildman–Crippen MR) is 128 cm³/mol. The molecule has 0 aliphatic heterocycles. The van der Waals surface area contributed by atoms with Gasteiger partial charge in [-0.25, -0.2) is 9.36 Å². The minimum Gasteiger partial charge on any atom is -0.495 e. The van der Waals surface area contributed by atoms with Crippen molar-refractivity contribution in [3.63, 3.8) is 0 Å². The first-order valence-electron chi connectivity index (χ1n) is 10.1. The van der Waals surface area contributed by atoms with Gasteiger partial charge in [-0.1, -0.05) is 51.8 Å². The Balaban J connectivity index is 1.53. The third kappa shape index (κ3) is 4.30. The molecule has 5 rings (SSSR count). The predicted octanol–water partition coefficient (Wildman–Crippen LogP) is 4.04. The molecule has 3 heterocycles. The summed E-state index contributed by atoms with van der Waals surface area (Å²) in [5, 5.41) is 16.9. The molecule has 0 bridgehead atoms. The molecule has 11 heteroatoms. The summed E-state index contributed by atoms with van der Waals surface area (Å²) >= 11 is 12.2. The molecule has 0 spiro atoms. The highest BCUT2D eigenvalue weighted by Gasteiger charge is 2.17. The fourth-order valence-corrected chi connectivity index (χ4v) is 3.88. The summed E-state index contributed by atoms with van der Waals surface area (Å²) in [6.07, 6.45) is 4.99. The summed E-state index contributed by atoms with van der Waals surface area (Å²) in [6.45, 7) is 0.226. The van der Waals surface area contributed by atoms with Crippen LogP contribution in [0.1, 0.15) is 5.69 Å². The Morgan fingerprint density at radius 3 is 2.41 bits per heavy atom. The molecule has 0 fully saturated rings. The van der Waals surface area contributed by atoms with E-state index in [9.17, 15) is 4.79 Å². The summed E-state index contributed by atoms with van der Waals surface area (Å²) in [4.78, 5) is 13.1. The van der Waals surface area contributed by atoms with Crippen LogP contribution in [0, 0.1) is 0 Å². The molecule has 0 saturated carbocycles. The number of hydrogen-bond donors (Lipinski definition) is 0. The van der Waals surface area contributed by atoms with Crippen LogP contribution in [0.4, 0.5) is 0 Å². The Bertz CT molecular complexity index is 1530. The van der Waals surface area contributed by atoms with Gasteiger partial charge in [-0.15, -0.1) is 10.2 Å². The summed E-state index contributed by atoms with van der Waals surface area (Å²) in [6, 6.07) is 16.3. The van der Waals surface area contributed by atoms with Crippen molar-refractivity contribution in [2.45, 2.75) is 6.54 Å². The second-order valence-corrected chi connectivity index (χ2v) is 8.18. The Labute approximate surface area is 203 Å². The number of aromatic nitrogens is 7.